The SMILES string of the molecule is Cc1ccc(CC(=O)NCCCN)cc1Cl. The zero-order valence-corrected chi connectivity index (χ0v) is 10.2. The Morgan fingerprint density at radius 1 is 1.50 bits per heavy atom. The van der Waals surface area contributed by atoms with Gasteiger partial charge in [-0.2, -0.15) is 0 Å². The van der Waals surface area contributed by atoms with Gasteiger partial charge in [0.05, 0.1) is 6.42 Å². The minimum absolute atomic E-state index is 0.00775. The third kappa shape index (κ3) is 4.21. The molecule has 3 nitrogen and oxygen atoms in total. The highest BCUT2D eigenvalue weighted by atomic mass is 35.5. The first kappa shape index (κ1) is 13.0. The van der Waals surface area contributed by atoms with Crippen molar-refractivity contribution in [3.63, 3.8) is 0 Å². The molecule has 0 aliphatic heterocycles. The second-order valence-electron chi connectivity index (χ2n) is 3.75. The summed E-state index contributed by atoms with van der Waals surface area (Å²) in [5.74, 6) is 0.00775. The van der Waals surface area contributed by atoms with Crippen molar-refractivity contribution in [2.24, 2.45) is 5.73 Å². The van der Waals surface area contributed by atoms with E-state index in [1.807, 2.05) is 25.1 Å². The van der Waals surface area contributed by atoms with Crippen molar-refractivity contribution < 1.29 is 4.79 Å². The summed E-state index contributed by atoms with van der Waals surface area (Å²) in [4.78, 5) is 11.5. The Balaban J connectivity index is 2.46. The van der Waals surface area contributed by atoms with Gasteiger partial charge in [-0.25, -0.2) is 0 Å². The fraction of sp³-hybridized carbons (Fsp3) is 0.417. The molecule has 1 rings (SSSR count). The van der Waals surface area contributed by atoms with E-state index in [1.54, 1.807) is 0 Å². The summed E-state index contributed by atoms with van der Waals surface area (Å²) in [5, 5.41) is 3.51. The average Bonchev–Trinajstić information content (AvgIpc) is 2.24. The number of aryl methyl sites for hydroxylation is 1. The molecule has 1 amide bonds. The fourth-order valence-electron chi connectivity index (χ4n) is 1.32. The molecule has 0 fully saturated rings. The van der Waals surface area contributed by atoms with Gasteiger partial charge in [-0.3, -0.25) is 4.79 Å². The molecule has 1 aromatic carbocycles. The summed E-state index contributed by atoms with van der Waals surface area (Å²) < 4.78 is 0. The number of nitrogens with one attached hydrogen (secondary N) is 1. The van der Waals surface area contributed by atoms with E-state index in [-0.39, 0.29) is 5.91 Å². The van der Waals surface area contributed by atoms with Crippen molar-refractivity contribution in [3.8, 4) is 0 Å². The third-order valence-corrected chi connectivity index (χ3v) is 2.71. The van der Waals surface area contributed by atoms with E-state index in [2.05, 4.69) is 5.32 Å². The van der Waals surface area contributed by atoms with Crippen molar-refractivity contribution in [2.45, 2.75) is 19.8 Å². The number of carbonyl (C=O) groups excluding carboxylic acids is 1. The highest BCUT2D eigenvalue weighted by molar-refractivity contribution is 6.31. The molecule has 0 saturated carbocycles. The molecule has 1 aromatic rings. The fourth-order valence-corrected chi connectivity index (χ4v) is 1.53. The van der Waals surface area contributed by atoms with Gasteiger partial charge in [-0.05, 0) is 37.1 Å². The average molecular weight is 241 g/mol. The molecule has 0 bridgehead atoms. The van der Waals surface area contributed by atoms with E-state index in [0.29, 0.717) is 24.5 Å². The second-order valence-corrected chi connectivity index (χ2v) is 4.16. The van der Waals surface area contributed by atoms with Crippen LogP contribution in [0.25, 0.3) is 0 Å². The topological polar surface area (TPSA) is 55.1 Å². The number of rotatable bonds is 5. The standard InChI is InChI=1S/C12H17ClN2O/c1-9-3-4-10(7-11(9)13)8-12(16)15-6-2-5-14/h3-4,7H,2,5-6,8,14H2,1H3,(H,15,16). The van der Waals surface area contributed by atoms with Crippen LogP contribution in [-0.2, 0) is 11.2 Å². The van der Waals surface area contributed by atoms with Gasteiger partial charge in [-0.15, -0.1) is 0 Å². The summed E-state index contributed by atoms with van der Waals surface area (Å²) in [7, 11) is 0. The lowest BCUT2D eigenvalue weighted by atomic mass is 10.1. The molecule has 0 atom stereocenters. The van der Waals surface area contributed by atoms with Gasteiger partial charge in [0.1, 0.15) is 0 Å². The molecular formula is C12H17ClN2O. The van der Waals surface area contributed by atoms with Gasteiger partial charge in [-0.1, -0.05) is 23.7 Å². The number of halogens is 1. The van der Waals surface area contributed by atoms with Crippen LogP contribution >= 0.6 is 11.6 Å². The molecule has 16 heavy (non-hydrogen) atoms. The van der Waals surface area contributed by atoms with E-state index in [1.165, 1.54) is 0 Å². The van der Waals surface area contributed by atoms with Crippen LogP contribution in [0, 0.1) is 6.92 Å². The largest absolute Gasteiger partial charge is 0.356 e. The molecule has 3 N–H and O–H groups in total. The van der Waals surface area contributed by atoms with Crippen LogP contribution in [0.15, 0.2) is 18.2 Å². The van der Waals surface area contributed by atoms with Gasteiger partial charge < -0.3 is 11.1 Å². The third-order valence-electron chi connectivity index (χ3n) is 2.30. The van der Waals surface area contributed by atoms with Crippen molar-refractivity contribution in [3.05, 3.63) is 34.3 Å². The number of nitrogens with two attached hydrogens (primary N) is 1. The monoisotopic (exact) mass is 240 g/mol. The molecule has 0 radical (unpaired) electrons. The Labute approximate surface area is 101 Å². The first-order valence-electron chi connectivity index (χ1n) is 5.35. The van der Waals surface area contributed by atoms with E-state index >= 15 is 0 Å². The van der Waals surface area contributed by atoms with Crippen LogP contribution in [0.3, 0.4) is 0 Å². The van der Waals surface area contributed by atoms with Crippen LogP contribution in [0.5, 0.6) is 0 Å². The first-order valence-corrected chi connectivity index (χ1v) is 5.73. The van der Waals surface area contributed by atoms with Gasteiger partial charge in [0.15, 0.2) is 0 Å². The molecule has 0 aliphatic carbocycles. The molecule has 0 heterocycles. The maximum Gasteiger partial charge on any atom is 0.224 e. The van der Waals surface area contributed by atoms with Crippen LogP contribution in [0.2, 0.25) is 5.02 Å². The van der Waals surface area contributed by atoms with Gasteiger partial charge in [0, 0.05) is 11.6 Å². The van der Waals surface area contributed by atoms with E-state index < -0.39 is 0 Å². The quantitative estimate of drug-likeness (QED) is 0.769. The Hall–Kier alpha value is -1.06. The summed E-state index contributed by atoms with van der Waals surface area (Å²) in [6.07, 6.45) is 1.17. The molecule has 0 aliphatic rings. The van der Waals surface area contributed by atoms with Crippen molar-refractivity contribution in [1.29, 1.82) is 0 Å². The van der Waals surface area contributed by atoms with Crippen molar-refractivity contribution in [1.82, 2.24) is 5.32 Å². The lowest BCUT2D eigenvalue weighted by Gasteiger charge is -2.05. The van der Waals surface area contributed by atoms with Crippen molar-refractivity contribution in [2.75, 3.05) is 13.1 Å². The van der Waals surface area contributed by atoms with E-state index in [4.69, 9.17) is 17.3 Å². The predicted octanol–water partition coefficient (Wildman–Crippen LogP) is 1.66. The minimum atomic E-state index is 0.00775. The maximum atomic E-state index is 11.5. The zero-order valence-electron chi connectivity index (χ0n) is 9.42. The normalized spacial score (nSPS) is 10.2. The van der Waals surface area contributed by atoms with E-state index in [9.17, 15) is 4.79 Å². The molecular weight excluding hydrogens is 224 g/mol. The molecule has 88 valence electrons. The summed E-state index contributed by atoms with van der Waals surface area (Å²) in [6.45, 7) is 3.17. The number of hydrogen-bond donors (Lipinski definition) is 2. The zero-order chi connectivity index (χ0) is 12.0. The number of carbonyl (C=O) groups is 1. The first-order chi connectivity index (χ1) is 7.63. The van der Waals surface area contributed by atoms with Crippen LogP contribution < -0.4 is 11.1 Å². The highest BCUT2D eigenvalue weighted by Gasteiger charge is 2.04. The van der Waals surface area contributed by atoms with Crippen LogP contribution in [-0.4, -0.2) is 19.0 Å². The smallest absolute Gasteiger partial charge is 0.224 e. The van der Waals surface area contributed by atoms with Crippen molar-refractivity contribution >= 4 is 17.5 Å². The van der Waals surface area contributed by atoms with E-state index in [0.717, 1.165) is 17.5 Å². The predicted molar refractivity (Wildman–Crippen MR) is 66.6 cm³/mol. The summed E-state index contributed by atoms with van der Waals surface area (Å²) in [5.41, 5.74) is 7.29. The number of benzene rings is 1. The maximum absolute atomic E-state index is 11.5. The Morgan fingerprint density at radius 2 is 2.25 bits per heavy atom. The summed E-state index contributed by atoms with van der Waals surface area (Å²) >= 11 is 5.98. The Kier molecular flexibility index (Phi) is 5.29. The van der Waals surface area contributed by atoms with Gasteiger partial charge >= 0.3 is 0 Å². The molecule has 0 unspecified atom stereocenters. The molecule has 0 saturated heterocycles. The Morgan fingerprint density at radius 3 is 2.88 bits per heavy atom. The number of hydrogen-bond acceptors (Lipinski definition) is 2. The Bertz CT molecular complexity index is 366. The molecule has 0 spiro atoms. The lowest BCUT2D eigenvalue weighted by Crippen LogP contribution is -2.27. The highest BCUT2D eigenvalue weighted by Crippen LogP contribution is 2.16. The summed E-state index contributed by atoms with van der Waals surface area (Å²) in [6, 6.07) is 5.67. The minimum Gasteiger partial charge on any atom is -0.356 e. The van der Waals surface area contributed by atoms with Crippen LogP contribution in [0.4, 0.5) is 0 Å². The second kappa shape index (κ2) is 6.51. The molecule has 4 heteroatoms. The van der Waals surface area contributed by atoms with Gasteiger partial charge in [0.2, 0.25) is 5.91 Å². The van der Waals surface area contributed by atoms with Gasteiger partial charge in [0.25, 0.3) is 0 Å². The lowest BCUT2D eigenvalue weighted by molar-refractivity contribution is -0.120. The number of amides is 1. The van der Waals surface area contributed by atoms with Crippen LogP contribution in [0.1, 0.15) is 17.5 Å². The molecule has 0 aromatic heterocycles.